The molecule has 4 heteroatoms. The van der Waals surface area contributed by atoms with Crippen LogP contribution < -0.4 is 0 Å². The molecule has 0 aliphatic carbocycles. The molecule has 90 valence electrons. The Labute approximate surface area is 104 Å². The van der Waals surface area contributed by atoms with Crippen molar-refractivity contribution in [1.29, 1.82) is 0 Å². The summed E-state index contributed by atoms with van der Waals surface area (Å²) < 4.78 is 6.93. The summed E-state index contributed by atoms with van der Waals surface area (Å²) in [4.78, 5) is 0. The molecule has 0 saturated heterocycles. The summed E-state index contributed by atoms with van der Waals surface area (Å²) in [7, 11) is 0. The zero-order valence-corrected chi connectivity index (χ0v) is 9.65. The summed E-state index contributed by atoms with van der Waals surface area (Å²) in [6.45, 7) is 0.620. The van der Waals surface area contributed by atoms with Gasteiger partial charge < -0.3 is 9.52 Å². The Kier molecular flexibility index (Phi) is 2.61. The van der Waals surface area contributed by atoms with Crippen molar-refractivity contribution < 1.29 is 9.52 Å². The lowest BCUT2D eigenvalue weighted by Gasteiger charge is -2.00. The first-order chi connectivity index (χ1) is 8.83. The molecule has 0 amide bonds. The quantitative estimate of drug-likeness (QED) is 0.765. The Bertz CT molecular complexity index is 627. The van der Waals surface area contributed by atoms with Crippen molar-refractivity contribution in [2.45, 2.75) is 6.54 Å². The molecule has 18 heavy (non-hydrogen) atoms. The first-order valence-corrected chi connectivity index (χ1v) is 5.67. The molecule has 0 spiro atoms. The van der Waals surface area contributed by atoms with Gasteiger partial charge in [-0.3, -0.25) is 4.68 Å². The van der Waals surface area contributed by atoms with E-state index in [0.29, 0.717) is 18.0 Å². The highest BCUT2D eigenvalue weighted by Gasteiger charge is 2.12. The Balaban J connectivity index is 1.89. The van der Waals surface area contributed by atoms with Crippen molar-refractivity contribution in [1.82, 2.24) is 9.78 Å². The highest BCUT2D eigenvalue weighted by molar-refractivity contribution is 5.59. The van der Waals surface area contributed by atoms with Crippen LogP contribution in [0.4, 0.5) is 0 Å². The lowest BCUT2D eigenvalue weighted by atomic mass is 10.2. The summed E-state index contributed by atoms with van der Waals surface area (Å²) in [5, 5.41) is 14.2. The van der Waals surface area contributed by atoms with Gasteiger partial charge in [0.05, 0.1) is 19.0 Å². The largest absolute Gasteiger partial charge is 0.504 e. The van der Waals surface area contributed by atoms with E-state index >= 15 is 0 Å². The van der Waals surface area contributed by atoms with Crippen LogP contribution in [-0.2, 0) is 6.54 Å². The van der Waals surface area contributed by atoms with Gasteiger partial charge in [0.1, 0.15) is 0 Å². The summed E-state index contributed by atoms with van der Waals surface area (Å²) in [6, 6.07) is 13.5. The Morgan fingerprint density at radius 1 is 1.11 bits per heavy atom. The van der Waals surface area contributed by atoms with Crippen LogP contribution in [0.3, 0.4) is 0 Å². The predicted octanol–water partition coefficient (Wildman–Crippen LogP) is 2.90. The lowest BCUT2D eigenvalue weighted by Crippen LogP contribution is -1.99. The number of hydrogen-bond donors (Lipinski definition) is 1. The molecule has 0 bridgehead atoms. The molecule has 0 unspecified atom stereocenters. The first-order valence-electron chi connectivity index (χ1n) is 5.67. The lowest BCUT2D eigenvalue weighted by molar-refractivity contribution is 0.472. The van der Waals surface area contributed by atoms with Crippen LogP contribution in [0.2, 0.25) is 0 Å². The van der Waals surface area contributed by atoms with Crippen molar-refractivity contribution in [2.24, 2.45) is 0 Å². The minimum atomic E-state index is 0.126. The minimum Gasteiger partial charge on any atom is -0.504 e. The summed E-state index contributed by atoms with van der Waals surface area (Å²) >= 11 is 0. The van der Waals surface area contributed by atoms with E-state index in [0.717, 1.165) is 5.56 Å². The average Bonchev–Trinajstić information content (AvgIpc) is 3.00. The molecular weight excluding hydrogens is 228 g/mol. The molecule has 0 aliphatic rings. The third-order valence-electron chi connectivity index (χ3n) is 2.68. The molecule has 0 saturated carbocycles. The maximum atomic E-state index is 9.84. The van der Waals surface area contributed by atoms with E-state index in [9.17, 15) is 5.11 Å². The van der Waals surface area contributed by atoms with Crippen molar-refractivity contribution >= 4 is 0 Å². The number of rotatable bonds is 3. The molecule has 2 aromatic heterocycles. The maximum Gasteiger partial charge on any atom is 0.169 e. The van der Waals surface area contributed by atoms with Crippen LogP contribution in [0.5, 0.6) is 5.75 Å². The van der Waals surface area contributed by atoms with Gasteiger partial charge in [-0.25, -0.2) is 0 Å². The number of aromatic nitrogens is 2. The van der Waals surface area contributed by atoms with Crippen LogP contribution in [0, 0.1) is 0 Å². The fourth-order valence-electron chi connectivity index (χ4n) is 1.85. The number of benzene rings is 1. The van der Waals surface area contributed by atoms with Crippen LogP contribution in [0.1, 0.15) is 5.56 Å². The summed E-state index contributed by atoms with van der Waals surface area (Å²) in [6.07, 6.45) is 3.16. The van der Waals surface area contributed by atoms with Gasteiger partial charge in [-0.2, -0.15) is 5.10 Å². The van der Waals surface area contributed by atoms with Gasteiger partial charge in [-0.1, -0.05) is 30.3 Å². The second-order valence-corrected chi connectivity index (χ2v) is 4.02. The highest BCUT2D eigenvalue weighted by Crippen LogP contribution is 2.27. The molecule has 0 aliphatic heterocycles. The molecular formula is C14H12N2O2. The smallest absolute Gasteiger partial charge is 0.169 e. The van der Waals surface area contributed by atoms with Crippen molar-refractivity contribution in [3.63, 3.8) is 0 Å². The molecule has 3 rings (SSSR count). The SMILES string of the molecule is Oc1cn(Cc2ccccc2)nc1-c1ccco1. The first kappa shape index (κ1) is 10.7. The zero-order chi connectivity index (χ0) is 12.4. The highest BCUT2D eigenvalue weighted by atomic mass is 16.3. The standard InChI is InChI=1S/C14H12N2O2/c17-12-10-16(9-11-5-2-1-3-6-11)15-14(12)13-7-4-8-18-13/h1-8,10,17H,9H2. The summed E-state index contributed by atoms with van der Waals surface area (Å²) in [5.41, 5.74) is 1.60. The molecule has 2 heterocycles. The van der Waals surface area contributed by atoms with Gasteiger partial charge in [0, 0.05) is 0 Å². The number of hydrogen-bond acceptors (Lipinski definition) is 3. The van der Waals surface area contributed by atoms with Gasteiger partial charge in [0.2, 0.25) is 0 Å². The van der Waals surface area contributed by atoms with E-state index in [1.165, 1.54) is 0 Å². The third kappa shape index (κ3) is 2.00. The summed E-state index contributed by atoms with van der Waals surface area (Å²) in [5.74, 6) is 0.695. The second kappa shape index (κ2) is 4.41. The van der Waals surface area contributed by atoms with Crippen molar-refractivity contribution in [3.05, 3.63) is 60.5 Å². The van der Waals surface area contributed by atoms with Gasteiger partial charge in [0.25, 0.3) is 0 Å². The van der Waals surface area contributed by atoms with Gasteiger partial charge >= 0.3 is 0 Å². The Morgan fingerprint density at radius 3 is 2.67 bits per heavy atom. The number of nitrogens with zero attached hydrogens (tertiary/aromatic N) is 2. The molecule has 0 radical (unpaired) electrons. The van der Waals surface area contributed by atoms with Crippen LogP contribution in [0.25, 0.3) is 11.5 Å². The van der Waals surface area contributed by atoms with Crippen LogP contribution in [-0.4, -0.2) is 14.9 Å². The second-order valence-electron chi connectivity index (χ2n) is 4.02. The number of furan rings is 1. The zero-order valence-electron chi connectivity index (χ0n) is 9.65. The molecule has 4 nitrogen and oxygen atoms in total. The predicted molar refractivity (Wildman–Crippen MR) is 67.1 cm³/mol. The third-order valence-corrected chi connectivity index (χ3v) is 2.68. The monoisotopic (exact) mass is 240 g/mol. The normalized spacial score (nSPS) is 10.7. The van der Waals surface area contributed by atoms with Gasteiger partial charge in [-0.15, -0.1) is 0 Å². The van der Waals surface area contributed by atoms with E-state index in [1.54, 1.807) is 29.3 Å². The molecule has 0 atom stereocenters. The van der Waals surface area contributed by atoms with Crippen LogP contribution >= 0.6 is 0 Å². The van der Waals surface area contributed by atoms with E-state index in [2.05, 4.69) is 5.10 Å². The topological polar surface area (TPSA) is 51.2 Å². The number of aromatic hydroxyl groups is 1. The van der Waals surface area contributed by atoms with E-state index < -0.39 is 0 Å². The van der Waals surface area contributed by atoms with Crippen molar-refractivity contribution in [3.8, 4) is 17.2 Å². The molecule has 0 fully saturated rings. The van der Waals surface area contributed by atoms with Gasteiger partial charge in [0.15, 0.2) is 17.2 Å². The fourth-order valence-corrected chi connectivity index (χ4v) is 1.85. The minimum absolute atomic E-state index is 0.126. The van der Waals surface area contributed by atoms with Crippen molar-refractivity contribution in [2.75, 3.05) is 0 Å². The van der Waals surface area contributed by atoms with E-state index in [-0.39, 0.29) is 5.75 Å². The molecule has 3 aromatic rings. The van der Waals surface area contributed by atoms with Crippen LogP contribution in [0.15, 0.2) is 59.3 Å². The molecule has 1 N–H and O–H groups in total. The van der Waals surface area contributed by atoms with E-state index in [4.69, 9.17) is 4.42 Å². The average molecular weight is 240 g/mol. The maximum absolute atomic E-state index is 9.84. The Morgan fingerprint density at radius 2 is 1.94 bits per heavy atom. The Hall–Kier alpha value is -2.49. The fraction of sp³-hybridized carbons (Fsp3) is 0.0714. The van der Waals surface area contributed by atoms with E-state index in [1.807, 2.05) is 30.3 Å². The van der Waals surface area contributed by atoms with Gasteiger partial charge in [-0.05, 0) is 17.7 Å². The molecule has 1 aromatic carbocycles.